The summed E-state index contributed by atoms with van der Waals surface area (Å²) in [5.74, 6) is -0.990. The molecule has 3 N–H and O–H groups in total. The summed E-state index contributed by atoms with van der Waals surface area (Å²) in [7, 11) is 0. The van der Waals surface area contributed by atoms with Crippen LogP contribution in [0.15, 0.2) is 24.3 Å². The SMILES string of the molecule is NCC(OC1CCCc2ccccc21)C(=O)O. The van der Waals surface area contributed by atoms with E-state index in [1.807, 2.05) is 18.2 Å². The van der Waals surface area contributed by atoms with Crippen molar-refractivity contribution in [2.24, 2.45) is 5.73 Å². The molecule has 1 aromatic carbocycles. The Kier molecular flexibility index (Phi) is 3.76. The van der Waals surface area contributed by atoms with E-state index in [0.29, 0.717) is 0 Å². The highest BCUT2D eigenvalue weighted by Gasteiger charge is 2.26. The standard InChI is InChI=1S/C13H17NO3/c14-8-12(13(15)16)17-11-7-3-5-9-4-1-2-6-10(9)11/h1-2,4,6,11-12H,3,5,7-8,14H2,(H,15,16). The molecule has 0 saturated heterocycles. The molecule has 0 aliphatic heterocycles. The summed E-state index contributed by atoms with van der Waals surface area (Å²) in [6, 6.07) is 8.04. The molecular formula is C13H17NO3. The van der Waals surface area contributed by atoms with Crippen molar-refractivity contribution in [2.45, 2.75) is 31.5 Å². The van der Waals surface area contributed by atoms with Gasteiger partial charge in [0.2, 0.25) is 0 Å². The van der Waals surface area contributed by atoms with E-state index in [-0.39, 0.29) is 12.6 Å². The van der Waals surface area contributed by atoms with E-state index < -0.39 is 12.1 Å². The zero-order valence-electron chi connectivity index (χ0n) is 9.63. The van der Waals surface area contributed by atoms with Crippen molar-refractivity contribution in [2.75, 3.05) is 6.54 Å². The first-order valence-corrected chi connectivity index (χ1v) is 5.88. The van der Waals surface area contributed by atoms with Gasteiger partial charge in [-0.05, 0) is 30.4 Å². The first-order valence-electron chi connectivity index (χ1n) is 5.88. The molecule has 1 aliphatic rings. The van der Waals surface area contributed by atoms with Crippen molar-refractivity contribution in [1.29, 1.82) is 0 Å². The van der Waals surface area contributed by atoms with Crippen LogP contribution in [-0.2, 0) is 16.0 Å². The van der Waals surface area contributed by atoms with E-state index in [9.17, 15) is 4.79 Å². The zero-order chi connectivity index (χ0) is 12.3. The van der Waals surface area contributed by atoms with Crippen molar-refractivity contribution in [3.05, 3.63) is 35.4 Å². The number of carboxylic acids is 1. The molecule has 0 amide bonds. The van der Waals surface area contributed by atoms with Gasteiger partial charge in [-0.3, -0.25) is 0 Å². The third-order valence-electron chi connectivity index (χ3n) is 3.13. The second-order valence-electron chi connectivity index (χ2n) is 4.28. The zero-order valence-corrected chi connectivity index (χ0v) is 9.63. The number of benzene rings is 1. The number of fused-ring (bicyclic) bond motifs is 1. The smallest absolute Gasteiger partial charge is 0.334 e. The Morgan fingerprint density at radius 1 is 1.53 bits per heavy atom. The molecular weight excluding hydrogens is 218 g/mol. The Hall–Kier alpha value is -1.39. The van der Waals surface area contributed by atoms with Gasteiger partial charge in [-0.1, -0.05) is 24.3 Å². The molecule has 0 bridgehead atoms. The second kappa shape index (κ2) is 5.29. The molecule has 0 saturated carbocycles. The van der Waals surface area contributed by atoms with E-state index in [1.165, 1.54) is 5.56 Å². The average molecular weight is 235 g/mol. The summed E-state index contributed by atoms with van der Waals surface area (Å²) >= 11 is 0. The lowest BCUT2D eigenvalue weighted by molar-refractivity contribution is -0.154. The van der Waals surface area contributed by atoms with Crippen LogP contribution < -0.4 is 5.73 Å². The molecule has 4 nitrogen and oxygen atoms in total. The number of carboxylic acid groups (broad SMARTS) is 1. The predicted molar refractivity (Wildman–Crippen MR) is 63.7 cm³/mol. The number of ether oxygens (including phenoxy) is 1. The molecule has 0 aromatic heterocycles. The van der Waals surface area contributed by atoms with E-state index in [0.717, 1.165) is 24.8 Å². The quantitative estimate of drug-likeness (QED) is 0.829. The van der Waals surface area contributed by atoms with E-state index >= 15 is 0 Å². The minimum absolute atomic E-state index is 0.00794. The molecule has 2 atom stereocenters. The number of aryl methyl sites for hydroxylation is 1. The lowest BCUT2D eigenvalue weighted by Crippen LogP contribution is -2.34. The Morgan fingerprint density at radius 2 is 2.29 bits per heavy atom. The largest absolute Gasteiger partial charge is 0.479 e. The van der Waals surface area contributed by atoms with Crippen molar-refractivity contribution in [3.8, 4) is 0 Å². The van der Waals surface area contributed by atoms with Crippen molar-refractivity contribution < 1.29 is 14.6 Å². The Labute approximate surface area is 100 Å². The molecule has 0 radical (unpaired) electrons. The van der Waals surface area contributed by atoms with Crippen LogP contribution in [0.2, 0.25) is 0 Å². The van der Waals surface area contributed by atoms with E-state index in [4.69, 9.17) is 15.6 Å². The van der Waals surface area contributed by atoms with Gasteiger partial charge in [-0.25, -0.2) is 4.79 Å². The van der Waals surface area contributed by atoms with Gasteiger partial charge in [0, 0.05) is 6.54 Å². The minimum Gasteiger partial charge on any atom is -0.479 e. The maximum Gasteiger partial charge on any atom is 0.334 e. The third-order valence-corrected chi connectivity index (χ3v) is 3.13. The van der Waals surface area contributed by atoms with E-state index in [1.54, 1.807) is 0 Å². The van der Waals surface area contributed by atoms with Gasteiger partial charge in [0.1, 0.15) is 0 Å². The average Bonchev–Trinajstić information content (AvgIpc) is 2.35. The molecule has 2 rings (SSSR count). The van der Waals surface area contributed by atoms with Crippen molar-refractivity contribution in [1.82, 2.24) is 0 Å². The summed E-state index contributed by atoms with van der Waals surface area (Å²) in [4.78, 5) is 10.9. The molecule has 17 heavy (non-hydrogen) atoms. The number of carbonyl (C=O) groups is 1. The van der Waals surface area contributed by atoms with Gasteiger partial charge < -0.3 is 15.6 Å². The number of nitrogens with two attached hydrogens (primary N) is 1. The first kappa shape index (κ1) is 12.1. The summed E-state index contributed by atoms with van der Waals surface area (Å²) in [5.41, 5.74) is 7.77. The highest BCUT2D eigenvalue weighted by molar-refractivity contribution is 5.72. The van der Waals surface area contributed by atoms with Gasteiger partial charge in [0.25, 0.3) is 0 Å². The Morgan fingerprint density at radius 3 is 3.00 bits per heavy atom. The van der Waals surface area contributed by atoms with Gasteiger partial charge in [-0.2, -0.15) is 0 Å². The maximum absolute atomic E-state index is 10.9. The topological polar surface area (TPSA) is 72.5 Å². The third kappa shape index (κ3) is 2.65. The van der Waals surface area contributed by atoms with Crippen LogP contribution in [0, 0.1) is 0 Å². The van der Waals surface area contributed by atoms with Crippen LogP contribution in [0.3, 0.4) is 0 Å². The summed E-state index contributed by atoms with van der Waals surface area (Å²) in [5, 5.41) is 8.95. The van der Waals surface area contributed by atoms with Crippen molar-refractivity contribution >= 4 is 5.97 Å². The van der Waals surface area contributed by atoms with Crippen LogP contribution in [0.25, 0.3) is 0 Å². The fourth-order valence-corrected chi connectivity index (χ4v) is 2.26. The van der Waals surface area contributed by atoms with Gasteiger partial charge in [-0.15, -0.1) is 0 Å². The van der Waals surface area contributed by atoms with Crippen LogP contribution >= 0.6 is 0 Å². The molecule has 92 valence electrons. The lowest BCUT2D eigenvalue weighted by Gasteiger charge is -2.27. The maximum atomic E-state index is 10.9. The van der Waals surface area contributed by atoms with Gasteiger partial charge in [0.15, 0.2) is 6.10 Å². The summed E-state index contributed by atoms with van der Waals surface area (Å²) in [6.45, 7) is 0.00794. The highest BCUT2D eigenvalue weighted by Crippen LogP contribution is 2.32. The van der Waals surface area contributed by atoms with Crippen LogP contribution in [-0.4, -0.2) is 23.7 Å². The Bertz CT molecular complexity index is 405. The molecule has 4 heteroatoms. The van der Waals surface area contributed by atoms with Crippen LogP contribution in [0.5, 0.6) is 0 Å². The number of hydrogen-bond donors (Lipinski definition) is 2. The number of hydrogen-bond acceptors (Lipinski definition) is 3. The van der Waals surface area contributed by atoms with Crippen LogP contribution in [0.4, 0.5) is 0 Å². The first-order chi connectivity index (χ1) is 8.22. The number of aliphatic carboxylic acids is 1. The Balaban J connectivity index is 2.15. The molecule has 0 fully saturated rings. The number of rotatable bonds is 4. The highest BCUT2D eigenvalue weighted by atomic mass is 16.5. The molecule has 0 heterocycles. The lowest BCUT2D eigenvalue weighted by atomic mass is 9.89. The minimum atomic E-state index is -0.990. The predicted octanol–water partition coefficient (Wildman–Crippen LogP) is 1.49. The van der Waals surface area contributed by atoms with Gasteiger partial charge >= 0.3 is 5.97 Å². The van der Waals surface area contributed by atoms with Crippen molar-refractivity contribution in [3.63, 3.8) is 0 Å². The molecule has 1 aromatic rings. The van der Waals surface area contributed by atoms with Crippen LogP contribution in [0.1, 0.15) is 30.1 Å². The fraction of sp³-hybridized carbons (Fsp3) is 0.462. The monoisotopic (exact) mass is 235 g/mol. The van der Waals surface area contributed by atoms with Gasteiger partial charge in [0.05, 0.1) is 6.10 Å². The normalized spacial score (nSPS) is 20.6. The molecule has 2 unspecified atom stereocenters. The van der Waals surface area contributed by atoms with E-state index in [2.05, 4.69) is 6.07 Å². The molecule has 0 spiro atoms. The molecule has 1 aliphatic carbocycles. The fourth-order valence-electron chi connectivity index (χ4n) is 2.26. The summed E-state index contributed by atoms with van der Waals surface area (Å²) in [6.07, 6.45) is 1.88. The summed E-state index contributed by atoms with van der Waals surface area (Å²) < 4.78 is 5.60. The second-order valence-corrected chi connectivity index (χ2v) is 4.28.